The average molecular weight is 308 g/mol. The highest BCUT2D eigenvalue weighted by atomic mass is 32.2. The fourth-order valence-electron chi connectivity index (χ4n) is 1.61. The Morgan fingerprint density at radius 2 is 2.35 bits per heavy atom. The molecule has 1 amide bonds. The van der Waals surface area contributed by atoms with E-state index in [9.17, 15) is 14.7 Å². The van der Waals surface area contributed by atoms with Gasteiger partial charge in [-0.1, -0.05) is 24.0 Å². The molecule has 0 spiro atoms. The molecule has 5 nitrogen and oxygen atoms in total. The van der Waals surface area contributed by atoms with Crippen molar-refractivity contribution >= 4 is 46.3 Å². The molecule has 0 saturated carbocycles. The van der Waals surface area contributed by atoms with Crippen LogP contribution in [0.4, 0.5) is 0 Å². The van der Waals surface area contributed by atoms with Crippen LogP contribution in [0.15, 0.2) is 39.4 Å². The van der Waals surface area contributed by atoms with Crippen LogP contribution in [0.2, 0.25) is 0 Å². The molecule has 20 heavy (non-hydrogen) atoms. The van der Waals surface area contributed by atoms with Gasteiger partial charge >= 0.3 is 0 Å². The van der Waals surface area contributed by atoms with Gasteiger partial charge in [-0.15, -0.1) is 0 Å². The van der Waals surface area contributed by atoms with Gasteiger partial charge in [0.15, 0.2) is 0 Å². The van der Waals surface area contributed by atoms with Gasteiger partial charge in [0.25, 0.3) is 5.91 Å². The minimum absolute atomic E-state index is 0.219. The number of carbonyl (C=O) groups excluding carboxylic acids is 2. The lowest BCUT2D eigenvalue weighted by Crippen LogP contribution is -2.40. The number of amides is 1. The van der Waals surface area contributed by atoms with Crippen molar-refractivity contribution in [2.45, 2.75) is 6.92 Å². The van der Waals surface area contributed by atoms with Crippen LogP contribution >= 0.6 is 24.0 Å². The Morgan fingerprint density at radius 1 is 1.60 bits per heavy atom. The minimum atomic E-state index is -1.34. The predicted octanol–water partition coefficient (Wildman–Crippen LogP) is 1.18. The van der Waals surface area contributed by atoms with Crippen LogP contribution < -0.4 is 5.11 Å². The molecule has 1 aromatic rings. The summed E-state index contributed by atoms with van der Waals surface area (Å²) in [6.07, 6.45) is 4.97. The van der Waals surface area contributed by atoms with Crippen LogP contribution in [-0.2, 0) is 9.59 Å². The molecule has 0 unspecified atom stereocenters. The van der Waals surface area contributed by atoms with Crippen molar-refractivity contribution in [3.8, 4) is 0 Å². The van der Waals surface area contributed by atoms with Crippen LogP contribution in [0, 0.1) is 0 Å². The number of carbonyl (C=O) groups is 2. The molecule has 0 radical (unpaired) electrons. The summed E-state index contributed by atoms with van der Waals surface area (Å²) in [5.41, 5.74) is 0.800. The normalized spacial score (nSPS) is 18.1. The lowest BCUT2D eigenvalue weighted by atomic mass is 10.2. The Labute approximate surface area is 124 Å². The number of thioether (sulfide) groups is 1. The molecule has 0 bridgehead atoms. The van der Waals surface area contributed by atoms with E-state index in [1.165, 1.54) is 0 Å². The van der Waals surface area contributed by atoms with Crippen LogP contribution in [0.3, 0.4) is 0 Å². The number of thiocarbonyl (C=S) groups is 1. The van der Waals surface area contributed by atoms with Crippen molar-refractivity contribution in [2.24, 2.45) is 0 Å². The summed E-state index contributed by atoms with van der Waals surface area (Å²) in [6, 6.07) is 3.55. The third-order valence-electron chi connectivity index (χ3n) is 2.43. The molecule has 1 aromatic heterocycles. The van der Waals surface area contributed by atoms with Gasteiger partial charge in [0.05, 0.1) is 23.7 Å². The maximum atomic E-state index is 12.0. The van der Waals surface area contributed by atoms with Gasteiger partial charge in [-0.25, -0.2) is 0 Å². The second-order valence-corrected chi connectivity index (χ2v) is 5.72. The van der Waals surface area contributed by atoms with E-state index in [0.29, 0.717) is 10.7 Å². The van der Waals surface area contributed by atoms with E-state index in [1.54, 1.807) is 30.5 Å². The molecule has 1 fully saturated rings. The third kappa shape index (κ3) is 3.37. The fraction of sp³-hybridized carbons (Fsp3) is 0.154. The summed E-state index contributed by atoms with van der Waals surface area (Å²) in [6.45, 7) is 1.29. The number of rotatable bonds is 4. The highest BCUT2D eigenvalue weighted by Crippen LogP contribution is 2.31. The first-order valence-corrected chi connectivity index (χ1v) is 6.87. The molecule has 2 rings (SSSR count). The molecule has 0 N–H and O–H groups in total. The lowest BCUT2D eigenvalue weighted by Gasteiger charge is -2.14. The lowest BCUT2D eigenvalue weighted by molar-refractivity contribution is -0.305. The first-order chi connectivity index (χ1) is 9.47. The molecule has 1 aliphatic heterocycles. The fourth-order valence-corrected chi connectivity index (χ4v) is 2.92. The van der Waals surface area contributed by atoms with Gasteiger partial charge in [0, 0.05) is 0 Å². The SMILES string of the molecule is CC(/C=C1\SC(=S)N(CC(=O)[O-])C1=O)=C\c1ccco1. The Hall–Kier alpha value is -1.86. The third-order valence-corrected chi connectivity index (χ3v) is 3.81. The van der Waals surface area contributed by atoms with Gasteiger partial charge < -0.3 is 14.3 Å². The zero-order valence-electron chi connectivity index (χ0n) is 10.5. The molecule has 0 aliphatic carbocycles. The standard InChI is InChI=1S/C13H11NO4S2/c1-8(5-9-3-2-4-18-9)6-10-12(17)14(7-11(15)16)13(19)20-10/h2-6H,7H2,1H3,(H,15,16)/p-1/b8-5+,10-6-. The van der Waals surface area contributed by atoms with Gasteiger partial charge in [-0.3, -0.25) is 9.69 Å². The zero-order valence-corrected chi connectivity index (χ0v) is 12.1. The quantitative estimate of drug-likeness (QED) is 0.614. The Kier molecular flexibility index (Phi) is 4.41. The van der Waals surface area contributed by atoms with E-state index >= 15 is 0 Å². The summed E-state index contributed by atoms with van der Waals surface area (Å²) in [5.74, 6) is -1.09. The first kappa shape index (κ1) is 14.5. The monoisotopic (exact) mass is 308 g/mol. The number of hydrogen-bond acceptors (Lipinski definition) is 6. The van der Waals surface area contributed by atoms with Crippen LogP contribution in [-0.4, -0.2) is 27.6 Å². The second kappa shape index (κ2) is 6.06. The summed E-state index contributed by atoms with van der Waals surface area (Å²) in [4.78, 5) is 24.0. The van der Waals surface area contributed by atoms with Gasteiger partial charge in [-0.2, -0.15) is 0 Å². The van der Waals surface area contributed by atoms with Gasteiger partial charge in [0.1, 0.15) is 10.1 Å². The molecular weight excluding hydrogens is 298 g/mol. The molecule has 1 saturated heterocycles. The van der Waals surface area contributed by atoms with E-state index in [0.717, 1.165) is 22.2 Å². The van der Waals surface area contributed by atoms with Crippen molar-refractivity contribution in [2.75, 3.05) is 6.54 Å². The largest absolute Gasteiger partial charge is 0.548 e. The number of hydrogen-bond donors (Lipinski definition) is 0. The number of carboxylic acid groups (broad SMARTS) is 1. The van der Waals surface area contributed by atoms with Crippen LogP contribution in [0.25, 0.3) is 6.08 Å². The Balaban J connectivity index is 2.17. The highest BCUT2D eigenvalue weighted by Gasteiger charge is 2.31. The van der Waals surface area contributed by atoms with Crippen LogP contribution in [0.5, 0.6) is 0 Å². The second-order valence-electron chi connectivity index (χ2n) is 4.04. The Bertz CT molecular complexity index is 616. The number of nitrogens with zero attached hydrogens (tertiary/aromatic N) is 1. The summed E-state index contributed by atoms with van der Waals surface area (Å²) >= 11 is 6.05. The number of aliphatic carboxylic acids is 1. The highest BCUT2D eigenvalue weighted by molar-refractivity contribution is 8.26. The number of allylic oxidation sites excluding steroid dienone is 2. The van der Waals surface area contributed by atoms with Crippen molar-refractivity contribution in [1.29, 1.82) is 0 Å². The van der Waals surface area contributed by atoms with Crippen molar-refractivity contribution in [3.63, 3.8) is 0 Å². The maximum Gasteiger partial charge on any atom is 0.266 e. The van der Waals surface area contributed by atoms with E-state index < -0.39 is 18.4 Å². The predicted molar refractivity (Wildman–Crippen MR) is 77.4 cm³/mol. The molecule has 104 valence electrons. The van der Waals surface area contributed by atoms with Crippen molar-refractivity contribution in [3.05, 3.63) is 40.7 Å². The summed E-state index contributed by atoms with van der Waals surface area (Å²) in [5, 5.41) is 10.6. The summed E-state index contributed by atoms with van der Waals surface area (Å²) < 4.78 is 5.39. The van der Waals surface area contributed by atoms with Crippen molar-refractivity contribution in [1.82, 2.24) is 4.90 Å². The maximum absolute atomic E-state index is 12.0. The first-order valence-electron chi connectivity index (χ1n) is 5.64. The topological polar surface area (TPSA) is 73.6 Å². The molecule has 0 aromatic carbocycles. The van der Waals surface area contributed by atoms with Crippen LogP contribution in [0.1, 0.15) is 12.7 Å². The minimum Gasteiger partial charge on any atom is -0.548 e. The number of furan rings is 1. The van der Waals surface area contributed by atoms with Gasteiger partial charge in [-0.05, 0) is 36.8 Å². The molecular formula is C13H10NO4S2-. The molecule has 0 atom stereocenters. The smallest absolute Gasteiger partial charge is 0.266 e. The molecule has 2 heterocycles. The number of carboxylic acids is 1. The van der Waals surface area contributed by atoms with E-state index in [2.05, 4.69) is 0 Å². The summed E-state index contributed by atoms with van der Waals surface area (Å²) in [7, 11) is 0. The van der Waals surface area contributed by atoms with E-state index in [1.807, 2.05) is 6.92 Å². The van der Waals surface area contributed by atoms with Crippen molar-refractivity contribution < 1.29 is 19.1 Å². The molecule has 1 aliphatic rings. The van der Waals surface area contributed by atoms with E-state index in [4.69, 9.17) is 16.6 Å². The molecule has 7 heteroatoms. The van der Waals surface area contributed by atoms with E-state index in [-0.39, 0.29) is 4.32 Å². The zero-order chi connectivity index (χ0) is 14.7. The van der Waals surface area contributed by atoms with Gasteiger partial charge in [0.2, 0.25) is 0 Å². The Morgan fingerprint density at radius 3 is 2.95 bits per heavy atom. The average Bonchev–Trinajstić information content (AvgIpc) is 2.93.